The van der Waals surface area contributed by atoms with Gasteiger partial charge in [0.15, 0.2) is 0 Å². The number of rotatable bonds is 7. The van der Waals surface area contributed by atoms with Crippen molar-refractivity contribution in [2.24, 2.45) is 0 Å². The largest absolute Gasteiger partial charge is 0.469 e. The predicted octanol–water partition coefficient (Wildman–Crippen LogP) is 0.173. The Labute approximate surface area is 100.0 Å². The molecule has 0 fully saturated rings. The van der Waals surface area contributed by atoms with Crippen LogP contribution in [-0.2, 0) is 23.9 Å². The summed E-state index contributed by atoms with van der Waals surface area (Å²) in [4.78, 5) is 33.5. The van der Waals surface area contributed by atoms with Crippen LogP contribution >= 0.6 is 0 Å². The highest BCUT2D eigenvalue weighted by atomic mass is 16.5. The Hall–Kier alpha value is -1.85. The van der Waals surface area contributed by atoms with Crippen molar-refractivity contribution in [2.75, 3.05) is 14.2 Å². The molecule has 0 saturated carbocycles. The van der Waals surface area contributed by atoms with E-state index in [1.807, 2.05) is 0 Å². The molecule has 96 valence electrons. The molecule has 0 aliphatic heterocycles. The van der Waals surface area contributed by atoms with E-state index in [9.17, 15) is 14.4 Å². The van der Waals surface area contributed by atoms with Gasteiger partial charge < -0.3 is 14.8 Å². The van der Waals surface area contributed by atoms with Crippen LogP contribution in [0.25, 0.3) is 0 Å². The van der Waals surface area contributed by atoms with Crippen LogP contribution in [0.2, 0.25) is 0 Å². The van der Waals surface area contributed by atoms with Crippen LogP contribution in [0.4, 0.5) is 0 Å². The molecule has 0 aliphatic rings. The molecule has 1 atom stereocenters. The third-order valence-corrected chi connectivity index (χ3v) is 2.01. The topological polar surface area (TPSA) is 81.7 Å². The van der Waals surface area contributed by atoms with Gasteiger partial charge in [-0.1, -0.05) is 6.08 Å². The summed E-state index contributed by atoms with van der Waals surface area (Å²) in [6.45, 7) is 3.48. The number of methoxy groups -OCH3 is 2. The van der Waals surface area contributed by atoms with Gasteiger partial charge in [0.2, 0.25) is 5.91 Å². The summed E-state index contributed by atoms with van der Waals surface area (Å²) < 4.78 is 8.91. The lowest BCUT2D eigenvalue weighted by atomic mass is 10.2. The summed E-state index contributed by atoms with van der Waals surface area (Å²) in [7, 11) is 2.48. The van der Waals surface area contributed by atoms with Crippen molar-refractivity contribution in [3.05, 3.63) is 12.7 Å². The van der Waals surface area contributed by atoms with Gasteiger partial charge in [-0.2, -0.15) is 0 Å². The Kier molecular flexibility index (Phi) is 7.41. The second-order valence-corrected chi connectivity index (χ2v) is 3.24. The van der Waals surface area contributed by atoms with Crippen molar-refractivity contribution < 1.29 is 23.9 Å². The molecule has 0 spiro atoms. The van der Waals surface area contributed by atoms with Crippen molar-refractivity contribution >= 4 is 17.8 Å². The molecule has 0 aromatic heterocycles. The monoisotopic (exact) mass is 243 g/mol. The first-order valence-electron chi connectivity index (χ1n) is 5.10. The van der Waals surface area contributed by atoms with Gasteiger partial charge in [-0.05, 0) is 6.42 Å². The maximum Gasteiger partial charge on any atom is 0.328 e. The molecule has 0 bridgehead atoms. The molecule has 0 unspecified atom stereocenters. The summed E-state index contributed by atoms with van der Waals surface area (Å²) in [5.41, 5.74) is 0. The second-order valence-electron chi connectivity index (χ2n) is 3.24. The highest BCUT2D eigenvalue weighted by Gasteiger charge is 2.20. The first-order valence-corrected chi connectivity index (χ1v) is 5.10. The molecule has 0 saturated heterocycles. The zero-order valence-electron chi connectivity index (χ0n) is 10.0. The van der Waals surface area contributed by atoms with E-state index in [1.165, 1.54) is 20.3 Å². The molecule has 0 heterocycles. The number of nitrogens with one attached hydrogen (secondary N) is 1. The zero-order chi connectivity index (χ0) is 13.3. The Balaban J connectivity index is 4.16. The van der Waals surface area contributed by atoms with Gasteiger partial charge in [0.05, 0.1) is 20.6 Å². The Morgan fingerprint density at radius 1 is 1.24 bits per heavy atom. The molecule has 1 N–H and O–H groups in total. The highest BCUT2D eigenvalue weighted by molar-refractivity contribution is 5.86. The van der Waals surface area contributed by atoms with Crippen LogP contribution in [0.5, 0.6) is 0 Å². The number of ether oxygens (including phenoxy) is 2. The fraction of sp³-hybridized carbons (Fsp3) is 0.545. The summed E-state index contributed by atoms with van der Waals surface area (Å²) in [5.74, 6) is -1.43. The van der Waals surface area contributed by atoms with E-state index >= 15 is 0 Å². The summed E-state index contributed by atoms with van der Waals surface area (Å²) in [6, 6.07) is -0.761. The standard InChI is InChI=1S/C11H17NO5/c1-4-5-8(11(15)17-3)12-9(13)6-7-10(14)16-2/h4,8H,1,5-7H2,2-3H3,(H,12,13)/t8-/m1/s1. The van der Waals surface area contributed by atoms with Crippen LogP contribution in [0.1, 0.15) is 19.3 Å². The van der Waals surface area contributed by atoms with Crippen LogP contribution in [-0.4, -0.2) is 38.1 Å². The molecular formula is C11H17NO5. The van der Waals surface area contributed by atoms with E-state index in [-0.39, 0.29) is 19.3 Å². The smallest absolute Gasteiger partial charge is 0.328 e. The quantitative estimate of drug-likeness (QED) is 0.509. The van der Waals surface area contributed by atoms with E-state index in [1.54, 1.807) is 0 Å². The van der Waals surface area contributed by atoms with Gasteiger partial charge in [0.1, 0.15) is 6.04 Å². The van der Waals surface area contributed by atoms with Gasteiger partial charge in [-0.25, -0.2) is 4.79 Å². The first-order chi connectivity index (χ1) is 8.04. The summed E-state index contributed by atoms with van der Waals surface area (Å²) in [6.07, 6.45) is 1.72. The van der Waals surface area contributed by atoms with E-state index < -0.39 is 23.9 Å². The van der Waals surface area contributed by atoms with Crippen molar-refractivity contribution in [3.63, 3.8) is 0 Å². The molecule has 0 aromatic rings. The van der Waals surface area contributed by atoms with Gasteiger partial charge in [-0.15, -0.1) is 6.58 Å². The molecule has 1 amide bonds. The average molecular weight is 243 g/mol. The first kappa shape index (κ1) is 15.2. The summed E-state index contributed by atoms with van der Waals surface area (Å²) in [5, 5.41) is 2.46. The van der Waals surface area contributed by atoms with E-state index in [2.05, 4.69) is 21.4 Å². The van der Waals surface area contributed by atoms with Crippen LogP contribution in [0.15, 0.2) is 12.7 Å². The molecule has 0 radical (unpaired) electrons. The third-order valence-electron chi connectivity index (χ3n) is 2.01. The molecule has 0 aliphatic carbocycles. The van der Waals surface area contributed by atoms with Crippen molar-refractivity contribution in [1.29, 1.82) is 0 Å². The highest BCUT2D eigenvalue weighted by Crippen LogP contribution is 1.99. The van der Waals surface area contributed by atoms with E-state index in [0.717, 1.165) is 0 Å². The predicted molar refractivity (Wildman–Crippen MR) is 60.0 cm³/mol. The number of esters is 2. The van der Waals surface area contributed by atoms with Gasteiger partial charge in [-0.3, -0.25) is 9.59 Å². The Morgan fingerprint density at radius 2 is 1.88 bits per heavy atom. The zero-order valence-corrected chi connectivity index (χ0v) is 10.0. The van der Waals surface area contributed by atoms with Crippen molar-refractivity contribution in [3.8, 4) is 0 Å². The Bertz CT molecular complexity index is 300. The van der Waals surface area contributed by atoms with E-state index in [0.29, 0.717) is 0 Å². The summed E-state index contributed by atoms with van der Waals surface area (Å²) >= 11 is 0. The fourth-order valence-corrected chi connectivity index (χ4v) is 1.11. The second kappa shape index (κ2) is 8.32. The van der Waals surface area contributed by atoms with Crippen LogP contribution in [0.3, 0.4) is 0 Å². The van der Waals surface area contributed by atoms with Crippen molar-refractivity contribution in [1.82, 2.24) is 5.32 Å². The number of hydrogen-bond acceptors (Lipinski definition) is 5. The fourth-order valence-electron chi connectivity index (χ4n) is 1.11. The minimum absolute atomic E-state index is 0.0235. The molecule has 6 heteroatoms. The lowest BCUT2D eigenvalue weighted by molar-refractivity contribution is -0.145. The maximum absolute atomic E-state index is 11.4. The molecule has 0 rings (SSSR count). The van der Waals surface area contributed by atoms with Gasteiger partial charge in [0, 0.05) is 6.42 Å². The van der Waals surface area contributed by atoms with Gasteiger partial charge >= 0.3 is 11.9 Å². The van der Waals surface area contributed by atoms with Gasteiger partial charge in [0.25, 0.3) is 0 Å². The van der Waals surface area contributed by atoms with E-state index in [4.69, 9.17) is 0 Å². The normalized spacial score (nSPS) is 11.2. The van der Waals surface area contributed by atoms with Crippen LogP contribution < -0.4 is 5.32 Å². The third kappa shape index (κ3) is 6.34. The molecular weight excluding hydrogens is 226 g/mol. The number of carbonyl (C=O) groups excluding carboxylic acids is 3. The minimum Gasteiger partial charge on any atom is -0.469 e. The number of hydrogen-bond donors (Lipinski definition) is 1. The lowest BCUT2D eigenvalue weighted by Crippen LogP contribution is -2.41. The maximum atomic E-state index is 11.4. The minimum atomic E-state index is -0.761. The average Bonchev–Trinajstić information content (AvgIpc) is 2.34. The molecule has 17 heavy (non-hydrogen) atoms. The lowest BCUT2D eigenvalue weighted by Gasteiger charge is -2.14. The SMILES string of the molecule is C=CC[C@@H](NC(=O)CCC(=O)OC)C(=O)OC. The number of carbonyl (C=O) groups is 3. The Morgan fingerprint density at radius 3 is 2.35 bits per heavy atom. The number of amides is 1. The van der Waals surface area contributed by atoms with Crippen molar-refractivity contribution in [2.45, 2.75) is 25.3 Å². The van der Waals surface area contributed by atoms with Crippen LogP contribution in [0, 0.1) is 0 Å². The molecule has 0 aromatic carbocycles. The molecule has 6 nitrogen and oxygen atoms in total.